The van der Waals surface area contributed by atoms with Gasteiger partial charge in [0.05, 0.1) is 34.4 Å². The molecule has 0 radical (unpaired) electrons. The van der Waals surface area contributed by atoms with Crippen molar-refractivity contribution in [2.24, 2.45) is 0 Å². The third-order valence-electron chi connectivity index (χ3n) is 13.7. The van der Waals surface area contributed by atoms with Gasteiger partial charge in [0.2, 0.25) is 0 Å². The average Bonchev–Trinajstić information content (AvgIpc) is 3.55. The maximum absolute atomic E-state index is 12.9. The van der Waals surface area contributed by atoms with Gasteiger partial charge in [0, 0.05) is 12.8 Å². The molecule has 1 N–H and O–H groups in total. The van der Waals surface area contributed by atoms with Crippen LogP contribution >= 0.6 is 0 Å². The van der Waals surface area contributed by atoms with Crippen LogP contribution in [0.5, 0.6) is 0 Å². The van der Waals surface area contributed by atoms with Crippen LogP contribution in [0.15, 0.2) is 182 Å². The number of carboxylic acids is 1. The van der Waals surface area contributed by atoms with Gasteiger partial charge in [-0.2, -0.15) is 0 Å². The van der Waals surface area contributed by atoms with Crippen LogP contribution in [0.4, 0.5) is 0 Å². The molecule has 87 heavy (non-hydrogen) atoms. The Balaban J connectivity index is 4.26. The van der Waals surface area contributed by atoms with Crippen molar-refractivity contribution in [3.63, 3.8) is 0 Å². The molecule has 0 aliphatic carbocycles. The number of allylic oxidation sites excluding steroid dienone is 30. The van der Waals surface area contributed by atoms with Gasteiger partial charge >= 0.3 is 17.9 Å². The average molecular weight is 1200 g/mol. The monoisotopic (exact) mass is 1200 g/mol. The number of hydrogen-bond acceptors (Lipinski definition) is 7. The Morgan fingerprint density at radius 2 is 0.621 bits per heavy atom. The fraction of sp³-hybridized carbons (Fsp3) is 0.577. The predicted octanol–water partition coefficient (Wildman–Crippen LogP) is 21.2. The summed E-state index contributed by atoms with van der Waals surface area (Å²) in [5, 5.41) is 9.74. The molecular weight excluding hydrogens is 1080 g/mol. The van der Waals surface area contributed by atoms with E-state index in [9.17, 15) is 19.5 Å². The fourth-order valence-electron chi connectivity index (χ4n) is 8.54. The molecule has 0 aliphatic rings. The molecule has 0 saturated heterocycles. The summed E-state index contributed by atoms with van der Waals surface area (Å²) in [6, 6.07) is 0. The minimum Gasteiger partial charge on any atom is -0.477 e. The van der Waals surface area contributed by atoms with E-state index in [1.165, 1.54) is 38.5 Å². The molecule has 9 nitrogen and oxygen atoms in total. The fourth-order valence-corrected chi connectivity index (χ4v) is 8.54. The normalized spacial score (nSPS) is 13.9. The van der Waals surface area contributed by atoms with Crippen LogP contribution in [-0.4, -0.2) is 87.4 Å². The number of ether oxygens (including phenoxy) is 4. The highest BCUT2D eigenvalue weighted by Crippen LogP contribution is 2.15. The lowest BCUT2D eigenvalue weighted by molar-refractivity contribution is -0.870. The van der Waals surface area contributed by atoms with E-state index in [4.69, 9.17) is 18.9 Å². The molecule has 0 fully saturated rings. The number of likely N-dealkylation sites (N-methyl/N-ethyl adjacent to an activating group) is 1. The van der Waals surface area contributed by atoms with Crippen molar-refractivity contribution in [2.75, 3.05) is 47.5 Å². The van der Waals surface area contributed by atoms with E-state index in [1.54, 1.807) is 0 Å². The summed E-state index contributed by atoms with van der Waals surface area (Å²) in [7, 11) is 5.95. The van der Waals surface area contributed by atoms with Crippen LogP contribution < -0.4 is 0 Å². The molecule has 0 aromatic carbocycles. The van der Waals surface area contributed by atoms with Gasteiger partial charge in [0.25, 0.3) is 6.29 Å². The van der Waals surface area contributed by atoms with Crippen LogP contribution in [0.3, 0.4) is 0 Å². The Labute approximate surface area is 532 Å². The largest absolute Gasteiger partial charge is 0.477 e. The van der Waals surface area contributed by atoms with Crippen LogP contribution in [-0.2, 0) is 33.3 Å². The van der Waals surface area contributed by atoms with Crippen molar-refractivity contribution in [1.82, 2.24) is 0 Å². The van der Waals surface area contributed by atoms with E-state index in [1.807, 2.05) is 21.1 Å². The van der Waals surface area contributed by atoms with E-state index in [0.717, 1.165) is 161 Å². The summed E-state index contributed by atoms with van der Waals surface area (Å²) in [5.41, 5.74) is 0. The zero-order chi connectivity index (χ0) is 63.3. The van der Waals surface area contributed by atoms with Crippen LogP contribution in [0.2, 0.25) is 0 Å². The van der Waals surface area contributed by atoms with Gasteiger partial charge in [0.15, 0.2) is 6.10 Å². The molecule has 0 aromatic rings. The number of unbranched alkanes of at least 4 members (excludes halogenated alkanes) is 15. The molecule has 0 rings (SSSR count). The van der Waals surface area contributed by atoms with Gasteiger partial charge in [-0.1, -0.05) is 267 Å². The first kappa shape index (κ1) is 81.4. The minimum absolute atomic E-state index is 0.173. The number of quaternary nitrogens is 1. The zero-order valence-electron chi connectivity index (χ0n) is 55.6. The van der Waals surface area contributed by atoms with Crippen LogP contribution in [0, 0.1) is 0 Å². The first-order chi connectivity index (χ1) is 42.6. The smallest absolute Gasteiger partial charge is 0.361 e. The lowest BCUT2D eigenvalue weighted by atomic mass is 10.1. The summed E-state index contributed by atoms with van der Waals surface area (Å²) >= 11 is 0. The van der Waals surface area contributed by atoms with E-state index in [2.05, 4.69) is 196 Å². The predicted molar refractivity (Wildman–Crippen MR) is 372 cm³/mol. The summed E-state index contributed by atoms with van der Waals surface area (Å²) in [6.07, 6.45) is 98.4. The molecule has 9 heteroatoms. The van der Waals surface area contributed by atoms with Gasteiger partial charge < -0.3 is 28.5 Å². The minimum atomic E-state index is -1.53. The number of carbonyl (C=O) groups excluding carboxylic acids is 2. The Morgan fingerprint density at radius 3 is 0.920 bits per heavy atom. The molecular formula is C78H124NO8+. The SMILES string of the molecule is CC/C=C\C/C=C\C/C=C\C/C=C\C/C=C\C/C=C\C/C=C\C/C=C\C/C=C\C/C=C\C/C=C\CCCCCCCC(=O)OC(COC(=O)CCCCCCCCCCCC/C=C\C/C=C\C/C=C\C/C=C\CC)COC(OCC[N+](C)(C)C)C(=O)O. The van der Waals surface area contributed by atoms with Gasteiger partial charge in [-0.3, -0.25) is 9.59 Å². The zero-order valence-corrected chi connectivity index (χ0v) is 55.6. The molecule has 0 heterocycles. The second-order valence-electron chi connectivity index (χ2n) is 23.0. The Kier molecular flexibility index (Phi) is 62.1. The third-order valence-corrected chi connectivity index (χ3v) is 13.7. The van der Waals surface area contributed by atoms with Gasteiger partial charge in [-0.15, -0.1) is 0 Å². The Morgan fingerprint density at radius 1 is 0.345 bits per heavy atom. The molecule has 0 saturated carbocycles. The summed E-state index contributed by atoms with van der Waals surface area (Å²) < 4.78 is 22.9. The molecule has 0 amide bonds. The first-order valence-corrected chi connectivity index (χ1v) is 33.9. The maximum atomic E-state index is 12.9. The van der Waals surface area contributed by atoms with E-state index < -0.39 is 24.3 Å². The number of carbonyl (C=O) groups is 3. The van der Waals surface area contributed by atoms with Crippen molar-refractivity contribution in [1.29, 1.82) is 0 Å². The van der Waals surface area contributed by atoms with Crippen molar-refractivity contribution in [2.45, 2.75) is 245 Å². The van der Waals surface area contributed by atoms with Gasteiger partial charge in [0.1, 0.15) is 13.2 Å². The molecule has 0 aliphatic heterocycles. The third kappa shape index (κ3) is 67.8. The van der Waals surface area contributed by atoms with E-state index in [-0.39, 0.29) is 38.6 Å². The molecule has 2 atom stereocenters. The topological polar surface area (TPSA) is 108 Å². The second-order valence-corrected chi connectivity index (χ2v) is 23.0. The summed E-state index contributed by atoms with van der Waals surface area (Å²) in [6.45, 7) is 4.60. The number of hydrogen-bond donors (Lipinski definition) is 1. The summed E-state index contributed by atoms with van der Waals surface area (Å²) in [4.78, 5) is 37.6. The van der Waals surface area contributed by atoms with Crippen LogP contribution in [0.25, 0.3) is 0 Å². The molecule has 0 aromatic heterocycles. The maximum Gasteiger partial charge on any atom is 0.361 e. The van der Waals surface area contributed by atoms with Gasteiger partial charge in [-0.05, 0) is 135 Å². The van der Waals surface area contributed by atoms with E-state index >= 15 is 0 Å². The molecule has 0 spiro atoms. The molecule has 0 bridgehead atoms. The highest BCUT2D eigenvalue weighted by Gasteiger charge is 2.25. The second kappa shape index (κ2) is 66.3. The number of nitrogens with zero attached hydrogens (tertiary/aromatic N) is 1. The van der Waals surface area contributed by atoms with Crippen molar-refractivity contribution in [3.8, 4) is 0 Å². The number of aliphatic carboxylic acids is 1. The lowest BCUT2D eigenvalue weighted by Crippen LogP contribution is -2.40. The Bertz CT molecular complexity index is 2080. The van der Waals surface area contributed by atoms with Gasteiger partial charge in [-0.25, -0.2) is 4.79 Å². The standard InChI is InChI=1S/C78H123NO8/c1-6-8-10-12-14-16-18-20-22-24-26-28-30-31-32-33-34-35-36-37-38-39-40-41-42-43-44-45-47-49-51-53-55-57-59-61-63-65-67-69-76(81)87-74(73-86-78(77(82)83)84-71-70-79(3,4)5)72-85-75(80)68-66-64-62-60-58-56-54-52-50-48-46-29-27-25-23-21-19-17-15-13-11-9-7-2/h8-11,14-17,20-23,26-29,31-32,34-35,37-38,40-41,43-44,47,49,53,55,74,78H,6-7,12-13,18-19,24-25,30,33,36,39,42,45-46,48,50-52,54,56-73H2,1-5H3/p+1/b10-8-,11-9-,16-14-,17-15-,22-20-,23-21-,28-26-,29-27-,32-31-,35-34-,38-37-,41-40-,44-43-,49-47-,55-53-. The number of carboxylic acid groups (broad SMARTS) is 1. The number of rotatable bonds is 60. The summed E-state index contributed by atoms with van der Waals surface area (Å²) in [5.74, 6) is -2.06. The highest BCUT2D eigenvalue weighted by atomic mass is 16.7. The van der Waals surface area contributed by atoms with Crippen molar-refractivity contribution >= 4 is 17.9 Å². The first-order valence-electron chi connectivity index (χ1n) is 33.9. The van der Waals surface area contributed by atoms with E-state index in [0.29, 0.717) is 17.4 Å². The highest BCUT2D eigenvalue weighted by molar-refractivity contribution is 5.71. The van der Waals surface area contributed by atoms with Crippen molar-refractivity contribution < 1.29 is 42.9 Å². The lowest BCUT2D eigenvalue weighted by Gasteiger charge is -2.25. The van der Waals surface area contributed by atoms with Crippen molar-refractivity contribution in [3.05, 3.63) is 182 Å². The molecule has 2 unspecified atom stereocenters. The molecule has 488 valence electrons. The number of esters is 2. The Hall–Kier alpha value is -5.61. The quantitative estimate of drug-likeness (QED) is 0.0211. The van der Waals surface area contributed by atoms with Crippen LogP contribution in [0.1, 0.15) is 232 Å².